The molecule has 178 valence electrons. The van der Waals surface area contributed by atoms with Gasteiger partial charge in [-0.25, -0.2) is 4.99 Å². The largest absolute Gasteiger partial charge is 0.482 e. The molecule has 11 nitrogen and oxygen atoms in total. The van der Waals surface area contributed by atoms with Gasteiger partial charge in [0.1, 0.15) is 11.4 Å². The Morgan fingerprint density at radius 3 is 2.38 bits per heavy atom. The third kappa shape index (κ3) is 6.97. The minimum atomic E-state index is -3.66. The van der Waals surface area contributed by atoms with E-state index >= 15 is 0 Å². The Labute approximate surface area is 192 Å². The Balaban J connectivity index is 0.000000534. The van der Waals surface area contributed by atoms with Crippen molar-refractivity contribution in [3.05, 3.63) is 23.2 Å². The summed E-state index contributed by atoms with van der Waals surface area (Å²) in [5.74, 6) is 0.580. The lowest BCUT2D eigenvalue weighted by atomic mass is 10.1. The smallest absolute Gasteiger partial charge is 0.264 e. The Hall–Kier alpha value is -2.57. The van der Waals surface area contributed by atoms with E-state index < -0.39 is 15.8 Å². The topological polar surface area (TPSA) is 164 Å². The molecule has 13 heteroatoms. The first-order valence-electron chi connectivity index (χ1n) is 9.99. The number of nitrogens with zero attached hydrogens (tertiary/aromatic N) is 4. The number of amides is 1. The first-order valence-corrected chi connectivity index (χ1v) is 12.0. The number of carbonyl (C=O) groups is 1. The van der Waals surface area contributed by atoms with Crippen molar-refractivity contribution in [2.75, 3.05) is 30.3 Å². The van der Waals surface area contributed by atoms with E-state index in [0.717, 1.165) is 25.9 Å². The number of anilines is 1. The van der Waals surface area contributed by atoms with Crippen molar-refractivity contribution in [3.63, 3.8) is 0 Å². The fraction of sp³-hybridized carbons (Fsp3) is 0.526. The fourth-order valence-corrected chi connectivity index (χ4v) is 3.42. The number of rotatable bonds is 5. The molecule has 1 fully saturated rings. The van der Waals surface area contributed by atoms with Crippen LogP contribution in [0, 0.1) is 0 Å². The molecule has 2 aliphatic heterocycles. The van der Waals surface area contributed by atoms with Crippen LogP contribution in [0.4, 0.5) is 5.69 Å². The minimum Gasteiger partial charge on any atom is -0.482 e. The highest BCUT2D eigenvalue weighted by Crippen LogP contribution is 2.33. The van der Waals surface area contributed by atoms with Crippen molar-refractivity contribution < 1.29 is 22.5 Å². The Bertz CT molecular complexity index is 1010. The van der Waals surface area contributed by atoms with E-state index in [9.17, 15) is 13.2 Å². The number of hydrogen-bond donors (Lipinski definition) is 3. The molecule has 1 aromatic rings. The van der Waals surface area contributed by atoms with Crippen molar-refractivity contribution in [2.24, 2.45) is 21.5 Å². The number of halogens is 1. The molecule has 2 aliphatic rings. The maximum Gasteiger partial charge on any atom is 0.264 e. The summed E-state index contributed by atoms with van der Waals surface area (Å²) in [6.45, 7) is 6.67. The van der Waals surface area contributed by atoms with Gasteiger partial charge in [-0.05, 0) is 51.8 Å². The second-order valence-electron chi connectivity index (χ2n) is 7.63. The quantitative estimate of drug-likeness (QED) is 0.523. The number of carbonyl (C=O) groups excluding carboxylic acids is 1. The lowest BCUT2D eigenvalue weighted by Gasteiger charge is -2.38. The monoisotopic (exact) mass is 488 g/mol. The van der Waals surface area contributed by atoms with Gasteiger partial charge < -0.3 is 21.1 Å². The van der Waals surface area contributed by atoms with Gasteiger partial charge in [0.2, 0.25) is 11.9 Å². The molecular formula is C19H29ClN6O5S. The molecule has 0 bridgehead atoms. The predicted octanol–water partition coefficient (Wildman–Crippen LogP) is 1.42. The molecule has 5 N–H and O–H groups in total. The van der Waals surface area contributed by atoms with E-state index in [4.69, 9.17) is 32.4 Å². The highest BCUT2D eigenvalue weighted by atomic mass is 35.5. The van der Waals surface area contributed by atoms with E-state index in [1.807, 2.05) is 13.8 Å². The van der Waals surface area contributed by atoms with Gasteiger partial charge in [0.25, 0.3) is 16.0 Å². The van der Waals surface area contributed by atoms with Gasteiger partial charge in [0.05, 0.1) is 10.8 Å². The molecule has 0 radical (unpaired) electrons. The SMILES string of the molecule is CC1(C)N=C(N)N=C(N)N1c1ccc(OCC(=O)N2CCCC2)c(Cl)c1.CCS(=O)(=O)O. The summed E-state index contributed by atoms with van der Waals surface area (Å²) in [5, 5.41) is 0.378. The molecule has 0 saturated carbocycles. The number of ether oxygens (including phenoxy) is 1. The van der Waals surface area contributed by atoms with Crippen LogP contribution in [0.15, 0.2) is 28.2 Å². The van der Waals surface area contributed by atoms with Gasteiger partial charge in [0, 0.05) is 18.8 Å². The first kappa shape index (κ1) is 25.7. The molecule has 2 heterocycles. The maximum atomic E-state index is 12.1. The van der Waals surface area contributed by atoms with Crippen LogP contribution in [0.3, 0.4) is 0 Å². The van der Waals surface area contributed by atoms with Crippen LogP contribution in [0.1, 0.15) is 33.6 Å². The molecule has 0 atom stereocenters. The van der Waals surface area contributed by atoms with Crippen LogP contribution in [0.5, 0.6) is 5.75 Å². The molecule has 1 saturated heterocycles. The van der Waals surface area contributed by atoms with Gasteiger partial charge in [0.15, 0.2) is 6.61 Å². The second kappa shape index (κ2) is 10.4. The van der Waals surface area contributed by atoms with E-state index in [2.05, 4.69) is 9.98 Å². The summed E-state index contributed by atoms with van der Waals surface area (Å²) in [5.41, 5.74) is 11.7. The Morgan fingerprint density at radius 1 is 1.28 bits per heavy atom. The van der Waals surface area contributed by atoms with Crippen molar-refractivity contribution in [1.82, 2.24) is 4.90 Å². The zero-order valence-electron chi connectivity index (χ0n) is 18.3. The lowest BCUT2D eigenvalue weighted by molar-refractivity contribution is -0.132. The number of likely N-dealkylation sites (tertiary alicyclic amines) is 1. The van der Waals surface area contributed by atoms with Crippen LogP contribution in [-0.2, 0) is 14.9 Å². The van der Waals surface area contributed by atoms with E-state index in [1.54, 1.807) is 28.0 Å². The van der Waals surface area contributed by atoms with Crippen LogP contribution in [0.2, 0.25) is 5.02 Å². The molecule has 1 amide bonds. The number of benzene rings is 1. The second-order valence-corrected chi connectivity index (χ2v) is 9.78. The summed E-state index contributed by atoms with van der Waals surface area (Å²) in [6.07, 6.45) is 2.09. The van der Waals surface area contributed by atoms with Crippen molar-refractivity contribution in [2.45, 2.75) is 39.3 Å². The summed E-state index contributed by atoms with van der Waals surface area (Å²) >= 11 is 6.34. The van der Waals surface area contributed by atoms with E-state index in [-0.39, 0.29) is 30.2 Å². The van der Waals surface area contributed by atoms with Gasteiger partial charge in [-0.1, -0.05) is 11.6 Å². The summed E-state index contributed by atoms with van der Waals surface area (Å²) in [6, 6.07) is 5.21. The first-order chi connectivity index (χ1) is 14.8. The maximum absolute atomic E-state index is 12.1. The van der Waals surface area contributed by atoms with E-state index in [0.29, 0.717) is 16.5 Å². The molecule has 0 spiro atoms. The van der Waals surface area contributed by atoms with Crippen molar-refractivity contribution >= 4 is 45.2 Å². The van der Waals surface area contributed by atoms with Crippen molar-refractivity contribution in [1.29, 1.82) is 0 Å². The molecule has 32 heavy (non-hydrogen) atoms. The summed E-state index contributed by atoms with van der Waals surface area (Å²) < 4.78 is 32.5. The zero-order chi connectivity index (χ0) is 24.1. The number of nitrogens with two attached hydrogens (primary N) is 2. The van der Waals surface area contributed by atoms with Crippen LogP contribution >= 0.6 is 11.6 Å². The van der Waals surface area contributed by atoms with E-state index in [1.165, 1.54) is 6.92 Å². The molecule has 0 unspecified atom stereocenters. The van der Waals surface area contributed by atoms with Crippen LogP contribution in [0.25, 0.3) is 0 Å². The van der Waals surface area contributed by atoms with Gasteiger partial charge in [-0.3, -0.25) is 14.2 Å². The Morgan fingerprint density at radius 2 is 1.88 bits per heavy atom. The fourth-order valence-electron chi connectivity index (χ4n) is 3.19. The predicted molar refractivity (Wildman–Crippen MR) is 125 cm³/mol. The molecular weight excluding hydrogens is 460 g/mol. The zero-order valence-corrected chi connectivity index (χ0v) is 19.9. The number of hydrogen-bond acceptors (Lipinski definition) is 9. The van der Waals surface area contributed by atoms with Crippen molar-refractivity contribution in [3.8, 4) is 5.75 Å². The molecule has 1 aromatic carbocycles. The van der Waals surface area contributed by atoms with Gasteiger partial charge >= 0.3 is 0 Å². The summed E-state index contributed by atoms with van der Waals surface area (Å²) in [4.78, 5) is 24.0. The molecule has 0 aliphatic carbocycles. The Kier molecular flexibility index (Phi) is 8.32. The normalized spacial score (nSPS) is 17.8. The van der Waals surface area contributed by atoms with Crippen LogP contribution in [-0.4, -0.2) is 66.8 Å². The average molecular weight is 489 g/mol. The highest BCUT2D eigenvalue weighted by molar-refractivity contribution is 7.85. The van der Waals surface area contributed by atoms with Gasteiger partial charge in [-0.2, -0.15) is 13.4 Å². The third-order valence-corrected chi connectivity index (χ3v) is 5.77. The van der Waals surface area contributed by atoms with Gasteiger partial charge in [-0.15, -0.1) is 0 Å². The summed E-state index contributed by atoms with van der Waals surface area (Å²) in [7, 11) is -3.66. The minimum absolute atomic E-state index is 0.0269. The number of guanidine groups is 2. The lowest BCUT2D eigenvalue weighted by Crippen LogP contribution is -2.54. The highest BCUT2D eigenvalue weighted by Gasteiger charge is 2.33. The molecule has 3 rings (SSSR count). The average Bonchev–Trinajstić information content (AvgIpc) is 3.20. The third-order valence-electron chi connectivity index (χ3n) is 4.74. The van der Waals surface area contributed by atoms with Crippen LogP contribution < -0.4 is 21.1 Å². The molecule has 0 aromatic heterocycles. The standard InChI is InChI=1S/C17H23ClN6O2.C2H6O3S/c1-17(2)22-15(19)21-16(20)24(17)11-5-6-13(12(18)9-11)26-10-14(25)23-7-3-4-8-23;1-2-6(3,4)5/h5-6,9H,3-4,7-8,10H2,1-2H3,(H4,19,20,21,22);2H2,1H3,(H,3,4,5). The number of aliphatic imine (C=N–C) groups is 2.